The van der Waals surface area contributed by atoms with E-state index in [0.717, 1.165) is 10.9 Å². The first-order valence-electron chi connectivity index (χ1n) is 6.09. The van der Waals surface area contributed by atoms with Gasteiger partial charge in [0.15, 0.2) is 17.5 Å². The minimum absolute atomic E-state index is 0.119. The Bertz CT molecular complexity index is 718. The van der Waals surface area contributed by atoms with Crippen LogP contribution in [0, 0.1) is 17.5 Å². The minimum Gasteiger partial charge on any atom is -0.478 e. The van der Waals surface area contributed by atoms with E-state index in [0.29, 0.717) is 12.1 Å². The summed E-state index contributed by atoms with van der Waals surface area (Å²) < 4.78 is 40.8. The molecule has 1 N–H and O–H groups in total. The number of carboxylic acid groups (broad SMARTS) is 1. The van der Waals surface area contributed by atoms with Crippen molar-refractivity contribution in [1.82, 2.24) is 9.78 Å². The molecule has 0 atom stereocenters. The number of aromatic nitrogens is 2. The molecule has 0 saturated heterocycles. The summed E-state index contributed by atoms with van der Waals surface area (Å²) in [6.07, 6.45) is 1.08. The van der Waals surface area contributed by atoms with Crippen molar-refractivity contribution in [2.75, 3.05) is 0 Å². The molecule has 0 aliphatic heterocycles. The smallest absolute Gasteiger partial charge is 0.339 e. The lowest BCUT2D eigenvalue weighted by atomic mass is 9.90. The fourth-order valence-corrected chi connectivity index (χ4v) is 1.90. The molecule has 112 valence electrons. The molecule has 0 unspecified atom stereocenters. The normalized spacial score (nSPS) is 11.7. The van der Waals surface area contributed by atoms with Gasteiger partial charge in [0.2, 0.25) is 0 Å². The number of aromatic carboxylic acids is 1. The molecule has 0 bridgehead atoms. The Kier molecular flexibility index (Phi) is 3.52. The Labute approximate surface area is 118 Å². The highest BCUT2D eigenvalue weighted by Crippen LogP contribution is 2.26. The lowest BCUT2D eigenvalue weighted by Crippen LogP contribution is -2.16. The molecule has 0 saturated carbocycles. The van der Waals surface area contributed by atoms with Gasteiger partial charge < -0.3 is 5.11 Å². The van der Waals surface area contributed by atoms with Crippen molar-refractivity contribution in [1.29, 1.82) is 0 Å². The highest BCUT2D eigenvalue weighted by Gasteiger charge is 2.27. The van der Waals surface area contributed by atoms with Gasteiger partial charge in [0.05, 0.1) is 5.69 Å². The number of rotatable bonds is 2. The zero-order chi connectivity index (χ0) is 15.9. The second-order valence-corrected chi connectivity index (χ2v) is 5.61. The highest BCUT2D eigenvalue weighted by molar-refractivity contribution is 5.89. The number of hydrogen-bond donors (Lipinski definition) is 1. The predicted molar refractivity (Wildman–Crippen MR) is 69.1 cm³/mol. The van der Waals surface area contributed by atoms with E-state index in [1.54, 1.807) is 20.8 Å². The Morgan fingerprint density at radius 1 is 1.14 bits per heavy atom. The summed E-state index contributed by atoms with van der Waals surface area (Å²) in [5.41, 5.74) is -0.855. The summed E-state index contributed by atoms with van der Waals surface area (Å²) >= 11 is 0. The van der Waals surface area contributed by atoms with Crippen molar-refractivity contribution >= 4 is 5.97 Å². The number of benzene rings is 1. The van der Waals surface area contributed by atoms with Gasteiger partial charge in [-0.15, -0.1) is 0 Å². The summed E-state index contributed by atoms with van der Waals surface area (Å²) in [6.45, 7) is 5.23. The Hall–Kier alpha value is -2.31. The Morgan fingerprint density at radius 2 is 1.71 bits per heavy atom. The van der Waals surface area contributed by atoms with Gasteiger partial charge in [-0.1, -0.05) is 20.8 Å². The molecule has 2 aromatic rings. The fraction of sp³-hybridized carbons (Fsp3) is 0.286. The molecule has 21 heavy (non-hydrogen) atoms. The summed E-state index contributed by atoms with van der Waals surface area (Å²) in [5, 5.41) is 13.2. The molecule has 1 heterocycles. The predicted octanol–water partition coefficient (Wildman–Crippen LogP) is 3.29. The van der Waals surface area contributed by atoms with E-state index in [1.165, 1.54) is 0 Å². The molecule has 0 aliphatic carbocycles. The second-order valence-electron chi connectivity index (χ2n) is 5.61. The maximum Gasteiger partial charge on any atom is 0.339 e. The molecule has 7 heteroatoms. The lowest BCUT2D eigenvalue weighted by molar-refractivity contribution is 0.0694. The zero-order valence-corrected chi connectivity index (χ0v) is 11.6. The van der Waals surface area contributed by atoms with Gasteiger partial charge in [-0.05, 0) is 0 Å². The molecule has 0 spiro atoms. The van der Waals surface area contributed by atoms with Crippen LogP contribution >= 0.6 is 0 Å². The van der Waals surface area contributed by atoms with Crippen molar-refractivity contribution in [3.63, 3.8) is 0 Å². The lowest BCUT2D eigenvalue weighted by Gasteiger charge is -2.16. The van der Waals surface area contributed by atoms with E-state index in [4.69, 9.17) is 0 Å². The van der Waals surface area contributed by atoms with Crippen molar-refractivity contribution in [2.45, 2.75) is 26.2 Å². The fourth-order valence-electron chi connectivity index (χ4n) is 1.90. The standard InChI is InChI=1S/C14H13F3N2O2/c1-14(2,3)12-7(13(20)21)6-19(18-12)11-5-9(16)8(15)4-10(11)17/h4-6H,1-3H3,(H,20,21). The van der Waals surface area contributed by atoms with Crippen LogP contribution in [0.25, 0.3) is 5.69 Å². The number of hydrogen-bond acceptors (Lipinski definition) is 2. The SMILES string of the molecule is CC(C)(C)c1nn(-c2cc(F)c(F)cc2F)cc1C(=O)O. The van der Waals surface area contributed by atoms with Crippen LogP contribution in [-0.4, -0.2) is 20.9 Å². The second kappa shape index (κ2) is 4.91. The van der Waals surface area contributed by atoms with Crippen LogP contribution in [-0.2, 0) is 5.41 Å². The average molecular weight is 298 g/mol. The van der Waals surface area contributed by atoms with E-state index >= 15 is 0 Å². The van der Waals surface area contributed by atoms with Crippen LogP contribution in [0.15, 0.2) is 18.3 Å². The zero-order valence-electron chi connectivity index (χ0n) is 11.6. The van der Waals surface area contributed by atoms with Gasteiger partial charge in [0.25, 0.3) is 0 Å². The van der Waals surface area contributed by atoms with Gasteiger partial charge in [0.1, 0.15) is 11.3 Å². The summed E-state index contributed by atoms with van der Waals surface area (Å²) in [5.74, 6) is -4.82. The summed E-state index contributed by atoms with van der Waals surface area (Å²) in [4.78, 5) is 11.2. The van der Waals surface area contributed by atoms with Gasteiger partial charge in [-0.2, -0.15) is 5.10 Å². The number of nitrogens with zero attached hydrogens (tertiary/aromatic N) is 2. The van der Waals surface area contributed by atoms with E-state index in [1.807, 2.05) is 0 Å². The molecule has 1 aromatic carbocycles. The molecule has 0 fully saturated rings. The van der Waals surface area contributed by atoms with Crippen LogP contribution in [0.1, 0.15) is 36.8 Å². The molecule has 0 amide bonds. The average Bonchev–Trinajstić information content (AvgIpc) is 2.78. The molecule has 0 radical (unpaired) electrons. The van der Waals surface area contributed by atoms with Crippen molar-refractivity contribution < 1.29 is 23.1 Å². The van der Waals surface area contributed by atoms with Gasteiger partial charge in [0, 0.05) is 23.7 Å². The molecular weight excluding hydrogens is 285 g/mol. The van der Waals surface area contributed by atoms with E-state index in [2.05, 4.69) is 5.10 Å². The molecular formula is C14H13F3N2O2. The van der Waals surface area contributed by atoms with Crippen molar-refractivity contribution in [3.05, 3.63) is 47.0 Å². The molecule has 2 rings (SSSR count). The molecule has 1 aromatic heterocycles. The Morgan fingerprint density at radius 3 is 2.19 bits per heavy atom. The summed E-state index contributed by atoms with van der Waals surface area (Å²) in [6, 6.07) is 1.03. The Balaban J connectivity index is 2.66. The highest BCUT2D eigenvalue weighted by atomic mass is 19.2. The van der Waals surface area contributed by atoms with Crippen molar-refractivity contribution in [3.8, 4) is 5.69 Å². The number of halogens is 3. The molecule has 4 nitrogen and oxygen atoms in total. The maximum absolute atomic E-state index is 13.7. The monoisotopic (exact) mass is 298 g/mol. The van der Waals surface area contributed by atoms with Crippen LogP contribution < -0.4 is 0 Å². The third-order valence-electron chi connectivity index (χ3n) is 2.89. The van der Waals surface area contributed by atoms with Crippen LogP contribution in [0.5, 0.6) is 0 Å². The van der Waals surface area contributed by atoms with Crippen LogP contribution in [0.3, 0.4) is 0 Å². The molecule has 0 aliphatic rings. The minimum atomic E-state index is -1.32. The largest absolute Gasteiger partial charge is 0.478 e. The van der Waals surface area contributed by atoms with Gasteiger partial charge in [-0.25, -0.2) is 22.6 Å². The third kappa shape index (κ3) is 2.76. The van der Waals surface area contributed by atoms with Gasteiger partial charge in [-0.3, -0.25) is 0 Å². The van der Waals surface area contributed by atoms with Crippen molar-refractivity contribution in [2.24, 2.45) is 0 Å². The van der Waals surface area contributed by atoms with E-state index < -0.39 is 28.8 Å². The first-order chi connectivity index (χ1) is 9.61. The summed E-state index contributed by atoms with van der Waals surface area (Å²) in [7, 11) is 0. The first kappa shape index (κ1) is 15.1. The van der Waals surface area contributed by atoms with Crippen LogP contribution in [0.2, 0.25) is 0 Å². The van der Waals surface area contributed by atoms with Crippen LogP contribution in [0.4, 0.5) is 13.2 Å². The first-order valence-corrected chi connectivity index (χ1v) is 6.09. The van der Waals surface area contributed by atoms with E-state index in [9.17, 15) is 23.1 Å². The third-order valence-corrected chi connectivity index (χ3v) is 2.89. The van der Waals surface area contributed by atoms with E-state index in [-0.39, 0.29) is 16.9 Å². The quantitative estimate of drug-likeness (QED) is 0.866. The maximum atomic E-state index is 13.7. The topological polar surface area (TPSA) is 55.1 Å². The number of carboxylic acids is 1. The number of carbonyl (C=O) groups is 1. The van der Waals surface area contributed by atoms with Gasteiger partial charge >= 0.3 is 5.97 Å².